The summed E-state index contributed by atoms with van der Waals surface area (Å²) in [5.74, 6) is 0.311. The molecule has 0 bridgehead atoms. The molecule has 0 saturated carbocycles. The first-order valence-corrected chi connectivity index (χ1v) is 8.29. The predicted octanol–water partition coefficient (Wildman–Crippen LogP) is 3.52. The van der Waals surface area contributed by atoms with Crippen molar-refractivity contribution in [2.75, 3.05) is 12.4 Å². The lowest BCUT2D eigenvalue weighted by Crippen LogP contribution is -2.23. The van der Waals surface area contributed by atoms with Crippen LogP contribution in [0.1, 0.15) is 5.56 Å². The van der Waals surface area contributed by atoms with Crippen molar-refractivity contribution in [2.24, 2.45) is 10.7 Å². The van der Waals surface area contributed by atoms with Crippen LogP contribution in [0, 0.1) is 0 Å². The maximum Gasteiger partial charge on any atom is 0.416 e. The van der Waals surface area contributed by atoms with Gasteiger partial charge < -0.3 is 15.8 Å². The lowest BCUT2D eigenvalue weighted by atomic mass is 10.1. The molecule has 0 fully saturated rings. The number of rotatable bonds is 4. The molecule has 0 aliphatic carbocycles. The predicted molar refractivity (Wildman–Crippen MR) is 103 cm³/mol. The maximum atomic E-state index is 12.8. The fraction of sp³-hybridized carbons (Fsp3) is 0.105. The summed E-state index contributed by atoms with van der Waals surface area (Å²) in [7, 11) is 1.54. The molecule has 1 aromatic heterocycles. The monoisotopic (exact) mass is 403 g/mol. The largest absolute Gasteiger partial charge is 0.497 e. The van der Waals surface area contributed by atoms with Crippen LogP contribution in [0.4, 0.5) is 24.8 Å². The van der Waals surface area contributed by atoms with Gasteiger partial charge in [0.2, 0.25) is 11.9 Å². The van der Waals surface area contributed by atoms with E-state index in [1.807, 2.05) is 0 Å². The maximum absolute atomic E-state index is 12.8. The molecule has 0 amide bonds. The minimum Gasteiger partial charge on any atom is -0.497 e. The van der Waals surface area contributed by atoms with Crippen molar-refractivity contribution in [3.63, 3.8) is 0 Å². The number of H-pyrrole nitrogens is 1. The van der Waals surface area contributed by atoms with Crippen LogP contribution in [0.15, 0.2) is 64.4 Å². The number of aliphatic imine (C=N–C) groups is 1. The molecule has 29 heavy (non-hydrogen) atoms. The summed E-state index contributed by atoms with van der Waals surface area (Å²) in [6.07, 6.45) is -4.48. The molecule has 10 heteroatoms. The number of benzene rings is 2. The Labute approximate surface area is 163 Å². The minimum absolute atomic E-state index is 0.0923. The molecule has 0 aliphatic rings. The summed E-state index contributed by atoms with van der Waals surface area (Å²) < 4.78 is 43.5. The van der Waals surface area contributed by atoms with E-state index in [2.05, 4.69) is 20.3 Å². The molecule has 7 nitrogen and oxygen atoms in total. The molecule has 0 aliphatic heterocycles. The Morgan fingerprint density at radius 2 is 1.90 bits per heavy atom. The van der Waals surface area contributed by atoms with Gasteiger partial charge in [0.25, 0.3) is 5.56 Å². The summed E-state index contributed by atoms with van der Waals surface area (Å²) in [5.41, 5.74) is 5.55. The minimum atomic E-state index is -4.48. The second kappa shape index (κ2) is 8.05. The van der Waals surface area contributed by atoms with Crippen molar-refractivity contribution < 1.29 is 17.9 Å². The van der Waals surface area contributed by atoms with Crippen molar-refractivity contribution in [3.8, 4) is 17.0 Å². The number of alkyl halides is 3. The van der Waals surface area contributed by atoms with Gasteiger partial charge in [-0.15, -0.1) is 0 Å². The van der Waals surface area contributed by atoms with E-state index in [0.29, 0.717) is 17.0 Å². The Kier molecular flexibility index (Phi) is 5.53. The number of methoxy groups -OCH3 is 1. The summed E-state index contributed by atoms with van der Waals surface area (Å²) in [6, 6.07) is 12.6. The van der Waals surface area contributed by atoms with E-state index in [4.69, 9.17) is 10.5 Å². The second-order valence-electron chi connectivity index (χ2n) is 5.88. The van der Waals surface area contributed by atoms with Gasteiger partial charge in [0.05, 0.1) is 18.4 Å². The summed E-state index contributed by atoms with van der Waals surface area (Å²) in [6.45, 7) is 0. The first-order chi connectivity index (χ1) is 13.7. The number of halogens is 3. The Bertz CT molecular complexity index is 1090. The topological polar surface area (TPSA) is 105 Å². The fourth-order valence-electron chi connectivity index (χ4n) is 2.47. The zero-order valence-electron chi connectivity index (χ0n) is 15.1. The second-order valence-corrected chi connectivity index (χ2v) is 5.88. The number of guanidine groups is 1. The van der Waals surface area contributed by atoms with Crippen LogP contribution < -0.4 is 21.3 Å². The van der Waals surface area contributed by atoms with Crippen molar-refractivity contribution >= 4 is 17.6 Å². The third-order valence-electron chi connectivity index (χ3n) is 3.80. The molecule has 1 heterocycles. The van der Waals surface area contributed by atoms with Crippen molar-refractivity contribution in [3.05, 3.63) is 70.5 Å². The third kappa shape index (κ3) is 5.12. The molecule has 0 spiro atoms. The Balaban J connectivity index is 1.86. The smallest absolute Gasteiger partial charge is 0.416 e. The Morgan fingerprint density at radius 1 is 1.17 bits per heavy atom. The van der Waals surface area contributed by atoms with Gasteiger partial charge in [0, 0.05) is 17.3 Å². The van der Waals surface area contributed by atoms with Gasteiger partial charge in [0.15, 0.2) is 0 Å². The van der Waals surface area contributed by atoms with Crippen LogP contribution >= 0.6 is 0 Å². The zero-order valence-corrected chi connectivity index (χ0v) is 15.1. The molecule has 3 rings (SSSR count). The molecule has 4 N–H and O–H groups in total. The quantitative estimate of drug-likeness (QED) is 0.457. The lowest BCUT2D eigenvalue weighted by Gasteiger charge is -2.10. The SMILES string of the molecule is COc1ccc(-c2cc(=O)[nH]c(N=C(N)Nc3cccc(C(F)(F)F)c3)n2)cc1. The van der Waals surface area contributed by atoms with Gasteiger partial charge in [-0.2, -0.15) is 18.2 Å². The number of hydrogen-bond acceptors (Lipinski definition) is 4. The van der Waals surface area contributed by atoms with E-state index in [1.165, 1.54) is 25.3 Å². The lowest BCUT2D eigenvalue weighted by molar-refractivity contribution is -0.137. The number of aromatic amines is 1. The number of ether oxygens (including phenoxy) is 1. The van der Waals surface area contributed by atoms with E-state index in [0.717, 1.165) is 12.1 Å². The summed E-state index contributed by atoms with van der Waals surface area (Å²) in [5, 5.41) is 2.55. The van der Waals surface area contributed by atoms with Gasteiger partial charge in [-0.05, 0) is 42.5 Å². The highest BCUT2D eigenvalue weighted by Gasteiger charge is 2.30. The van der Waals surface area contributed by atoms with Gasteiger partial charge in [-0.3, -0.25) is 9.78 Å². The van der Waals surface area contributed by atoms with Crippen molar-refractivity contribution in [1.29, 1.82) is 0 Å². The average molecular weight is 403 g/mol. The first-order valence-electron chi connectivity index (χ1n) is 8.29. The van der Waals surface area contributed by atoms with E-state index in [-0.39, 0.29) is 17.6 Å². The van der Waals surface area contributed by atoms with Crippen LogP contribution in [0.25, 0.3) is 11.3 Å². The molecule has 0 atom stereocenters. The number of hydrogen-bond donors (Lipinski definition) is 3. The van der Waals surface area contributed by atoms with Crippen LogP contribution in [0.5, 0.6) is 5.75 Å². The van der Waals surface area contributed by atoms with E-state index in [1.54, 1.807) is 24.3 Å². The fourth-order valence-corrected chi connectivity index (χ4v) is 2.47. The summed E-state index contributed by atoms with van der Waals surface area (Å²) >= 11 is 0. The van der Waals surface area contributed by atoms with Gasteiger partial charge >= 0.3 is 6.18 Å². The third-order valence-corrected chi connectivity index (χ3v) is 3.80. The van der Waals surface area contributed by atoms with E-state index in [9.17, 15) is 18.0 Å². The van der Waals surface area contributed by atoms with Gasteiger partial charge in [-0.1, -0.05) is 6.07 Å². The molecule has 150 valence electrons. The number of aromatic nitrogens is 2. The number of nitrogens with two attached hydrogens (primary N) is 1. The van der Waals surface area contributed by atoms with E-state index < -0.39 is 17.3 Å². The first kappa shape index (κ1) is 19.9. The molecular weight excluding hydrogens is 387 g/mol. The van der Waals surface area contributed by atoms with Crippen LogP contribution in [0.2, 0.25) is 0 Å². The van der Waals surface area contributed by atoms with Crippen molar-refractivity contribution in [1.82, 2.24) is 9.97 Å². The molecule has 2 aromatic carbocycles. The highest BCUT2D eigenvalue weighted by atomic mass is 19.4. The van der Waals surface area contributed by atoms with Crippen molar-refractivity contribution in [2.45, 2.75) is 6.18 Å². The van der Waals surface area contributed by atoms with Crippen LogP contribution in [-0.4, -0.2) is 23.0 Å². The summed E-state index contributed by atoms with van der Waals surface area (Å²) in [4.78, 5) is 22.5. The molecule has 3 aromatic rings. The number of nitrogens with one attached hydrogen (secondary N) is 2. The molecule has 0 radical (unpaired) electrons. The number of nitrogens with zero attached hydrogens (tertiary/aromatic N) is 2. The normalized spacial score (nSPS) is 11.9. The zero-order chi connectivity index (χ0) is 21.0. The Hall–Kier alpha value is -3.82. The molecular formula is C19H16F3N5O2. The van der Waals surface area contributed by atoms with Crippen LogP contribution in [0.3, 0.4) is 0 Å². The number of anilines is 1. The highest BCUT2D eigenvalue weighted by Crippen LogP contribution is 2.30. The molecule has 0 unspecified atom stereocenters. The molecule has 0 saturated heterocycles. The highest BCUT2D eigenvalue weighted by molar-refractivity contribution is 5.93. The average Bonchev–Trinajstić information content (AvgIpc) is 2.67. The van der Waals surface area contributed by atoms with Gasteiger partial charge in [0.1, 0.15) is 5.75 Å². The van der Waals surface area contributed by atoms with E-state index >= 15 is 0 Å². The Morgan fingerprint density at radius 3 is 2.55 bits per heavy atom. The van der Waals surface area contributed by atoms with Crippen LogP contribution in [-0.2, 0) is 6.18 Å². The standard InChI is InChI=1S/C19H16F3N5O2/c1-29-14-7-5-11(6-8-14)15-10-16(28)26-18(25-15)27-17(23)24-13-4-2-3-12(9-13)19(20,21)22/h2-10H,1H3,(H4,23,24,25,26,27,28). The van der Waals surface area contributed by atoms with Gasteiger partial charge in [-0.25, -0.2) is 4.98 Å².